The summed E-state index contributed by atoms with van der Waals surface area (Å²) in [7, 11) is 0. The van der Waals surface area contributed by atoms with Crippen LogP contribution in [0.1, 0.15) is 41.0 Å². The maximum atomic E-state index is 11.6. The first-order valence-electron chi connectivity index (χ1n) is 5.85. The summed E-state index contributed by atoms with van der Waals surface area (Å²) in [5.74, 6) is -0.746. The lowest BCUT2D eigenvalue weighted by molar-refractivity contribution is -0.137. The van der Waals surface area contributed by atoms with Crippen LogP contribution in [-0.2, 0) is 9.59 Å². The molecule has 0 aromatic rings. The molecule has 0 bridgehead atoms. The highest BCUT2D eigenvalue weighted by Gasteiger charge is 2.24. The monoisotopic (exact) mass is 261 g/mol. The topological polar surface area (TPSA) is 66.4 Å². The van der Waals surface area contributed by atoms with Crippen LogP contribution in [0, 0.1) is 5.92 Å². The van der Waals surface area contributed by atoms with Gasteiger partial charge >= 0.3 is 5.97 Å². The average Bonchev–Trinajstić information content (AvgIpc) is 2.16. The van der Waals surface area contributed by atoms with Crippen LogP contribution >= 0.6 is 11.8 Å². The molecular weight excluding hydrogens is 238 g/mol. The largest absolute Gasteiger partial charge is 0.480 e. The first-order valence-corrected chi connectivity index (χ1v) is 6.90. The number of rotatable bonds is 7. The Morgan fingerprint density at radius 3 is 2.24 bits per heavy atom. The van der Waals surface area contributed by atoms with Crippen molar-refractivity contribution in [3.05, 3.63) is 0 Å². The summed E-state index contributed by atoms with van der Waals surface area (Å²) in [6.45, 7) is 9.60. The van der Waals surface area contributed by atoms with Crippen LogP contribution in [0.15, 0.2) is 0 Å². The average molecular weight is 261 g/mol. The standard InChI is InChI=1S/C12H23NO3S/c1-6-12(4,5)13-9(14)7-17-10(8(2)3)11(15)16/h8,10H,6-7H2,1-5H3,(H,13,14)(H,15,16). The summed E-state index contributed by atoms with van der Waals surface area (Å²) < 4.78 is 0. The van der Waals surface area contributed by atoms with E-state index in [-0.39, 0.29) is 23.1 Å². The molecule has 4 nitrogen and oxygen atoms in total. The molecule has 0 aromatic heterocycles. The fourth-order valence-electron chi connectivity index (χ4n) is 1.22. The number of thioether (sulfide) groups is 1. The molecule has 100 valence electrons. The number of amides is 1. The Bertz CT molecular complexity index is 277. The SMILES string of the molecule is CCC(C)(C)NC(=O)CSC(C(=O)O)C(C)C. The number of hydrogen-bond acceptors (Lipinski definition) is 3. The summed E-state index contributed by atoms with van der Waals surface area (Å²) in [6.07, 6.45) is 0.843. The molecule has 0 rings (SSSR count). The van der Waals surface area contributed by atoms with Gasteiger partial charge in [0.05, 0.1) is 5.75 Å². The van der Waals surface area contributed by atoms with Crippen molar-refractivity contribution in [1.82, 2.24) is 5.32 Å². The van der Waals surface area contributed by atoms with Crippen LogP contribution < -0.4 is 5.32 Å². The van der Waals surface area contributed by atoms with E-state index in [9.17, 15) is 9.59 Å². The van der Waals surface area contributed by atoms with E-state index in [0.717, 1.165) is 6.42 Å². The van der Waals surface area contributed by atoms with E-state index in [1.807, 2.05) is 34.6 Å². The van der Waals surface area contributed by atoms with E-state index in [0.29, 0.717) is 0 Å². The summed E-state index contributed by atoms with van der Waals surface area (Å²) in [5, 5.41) is 11.3. The van der Waals surface area contributed by atoms with Crippen LogP contribution in [0.25, 0.3) is 0 Å². The van der Waals surface area contributed by atoms with Gasteiger partial charge < -0.3 is 10.4 Å². The van der Waals surface area contributed by atoms with Gasteiger partial charge in [-0.1, -0.05) is 20.8 Å². The number of hydrogen-bond donors (Lipinski definition) is 2. The van der Waals surface area contributed by atoms with Crippen molar-refractivity contribution in [3.63, 3.8) is 0 Å². The smallest absolute Gasteiger partial charge is 0.316 e. The van der Waals surface area contributed by atoms with Gasteiger partial charge in [-0.05, 0) is 26.2 Å². The number of aliphatic carboxylic acids is 1. The summed E-state index contributed by atoms with van der Waals surface area (Å²) in [6, 6.07) is 0. The van der Waals surface area contributed by atoms with E-state index in [4.69, 9.17) is 5.11 Å². The van der Waals surface area contributed by atoms with Crippen LogP contribution in [0.2, 0.25) is 0 Å². The van der Waals surface area contributed by atoms with Crippen LogP contribution in [-0.4, -0.2) is 33.5 Å². The molecule has 1 amide bonds. The molecule has 0 aromatic carbocycles. The maximum Gasteiger partial charge on any atom is 0.316 e. The van der Waals surface area contributed by atoms with Crippen molar-refractivity contribution in [3.8, 4) is 0 Å². The molecule has 0 aliphatic rings. The maximum absolute atomic E-state index is 11.6. The molecule has 0 aliphatic carbocycles. The van der Waals surface area contributed by atoms with Crippen molar-refractivity contribution >= 4 is 23.6 Å². The molecule has 0 saturated heterocycles. The van der Waals surface area contributed by atoms with Crippen LogP contribution in [0.5, 0.6) is 0 Å². The lowest BCUT2D eigenvalue weighted by Crippen LogP contribution is -2.44. The Balaban J connectivity index is 4.19. The fourth-order valence-corrected chi connectivity index (χ4v) is 2.15. The Labute approximate surface area is 108 Å². The normalized spacial score (nSPS) is 13.5. The number of carbonyl (C=O) groups is 2. The number of carboxylic acid groups (broad SMARTS) is 1. The molecule has 0 spiro atoms. The lowest BCUT2D eigenvalue weighted by atomic mass is 10.0. The third-order valence-corrected chi connectivity index (χ3v) is 4.14. The third-order valence-electron chi connectivity index (χ3n) is 2.60. The minimum atomic E-state index is -0.854. The van der Waals surface area contributed by atoms with E-state index < -0.39 is 11.2 Å². The quantitative estimate of drug-likeness (QED) is 0.737. The molecule has 0 heterocycles. The molecule has 17 heavy (non-hydrogen) atoms. The zero-order valence-corrected chi connectivity index (χ0v) is 12.1. The van der Waals surface area contributed by atoms with Crippen LogP contribution in [0.3, 0.4) is 0 Å². The highest BCUT2D eigenvalue weighted by atomic mass is 32.2. The Kier molecular flexibility index (Phi) is 6.60. The van der Waals surface area contributed by atoms with Crippen molar-refractivity contribution in [1.29, 1.82) is 0 Å². The molecule has 0 saturated carbocycles. The molecular formula is C12H23NO3S. The molecule has 2 N–H and O–H groups in total. The van der Waals surface area contributed by atoms with Gasteiger partial charge in [-0.25, -0.2) is 0 Å². The molecule has 5 heteroatoms. The molecule has 1 unspecified atom stereocenters. The van der Waals surface area contributed by atoms with Crippen molar-refractivity contribution in [2.24, 2.45) is 5.92 Å². The van der Waals surface area contributed by atoms with Gasteiger partial charge in [0.2, 0.25) is 5.91 Å². The molecule has 0 fully saturated rings. The third kappa shape index (κ3) is 6.56. The van der Waals surface area contributed by atoms with E-state index in [2.05, 4.69) is 5.32 Å². The lowest BCUT2D eigenvalue weighted by Gasteiger charge is -2.25. The van der Waals surface area contributed by atoms with Gasteiger partial charge in [-0.15, -0.1) is 11.8 Å². The summed E-state index contributed by atoms with van der Waals surface area (Å²) in [4.78, 5) is 22.6. The first-order chi connectivity index (χ1) is 7.69. The van der Waals surface area contributed by atoms with Gasteiger partial charge in [0.1, 0.15) is 5.25 Å². The highest BCUT2D eigenvalue weighted by Crippen LogP contribution is 2.20. The van der Waals surface area contributed by atoms with E-state index in [1.165, 1.54) is 11.8 Å². The molecule has 0 aliphatic heterocycles. The second-order valence-corrected chi connectivity index (χ2v) is 6.23. The number of carboxylic acids is 1. The van der Waals surface area contributed by atoms with Crippen molar-refractivity contribution in [2.75, 3.05) is 5.75 Å². The Morgan fingerprint density at radius 1 is 1.35 bits per heavy atom. The van der Waals surface area contributed by atoms with Gasteiger partial charge in [0.15, 0.2) is 0 Å². The van der Waals surface area contributed by atoms with E-state index >= 15 is 0 Å². The second-order valence-electron chi connectivity index (χ2n) is 5.10. The number of carbonyl (C=O) groups excluding carboxylic acids is 1. The van der Waals surface area contributed by atoms with E-state index in [1.54, 1.807) is 0 Å². The first kappa shape index (κ1) is 16.3. The summed E-state index contributed by atoms with van der Waals surface area (Å²) in [5.41, 5.74) is -0.228. The minimum absolute atomic E-state index is 0.0180. The second kappa shape index (κ2) is 6.89. The van der Waals surface area contributed by atoms with Crippen LogP contribution in [0.4, 0.5) is 0 Å². The fraction of sp³-hybridized carbons (Fsp3) is 0.833. The van der Waals surface area contributed by atoms with Gasteiger partial charge in [0.25, 0.3) is 0 Å². The van der Waals surface area contributed by atoms with Crippen molar-refractivity contribution < 1.29 is 14.7 Å². The highest BCUT2D eigenvalue weighted by molar-refractivity contribution is 8.01. The Hall–Kier alpha value is -0.710. The molecule has 1 atom stereocenters. The predicted molar refractivity (Wildman–Crippen MR) is 71.2 cm³/mol. The minimum Gasteiger partial charge on any atom is -0.480 e. The van der Waals surface area contributed by atoms with Gasteiger partial charge in [-0.2, -0.15) is 0 Å². The number of nitrogens with one attached hydrogen (secondary N) is 1. The van der Waals surface area contributed by atoms with Gasteiger partial charge in [0, 0.05) is 5.54 Å². The molecule has 0 radical (unpaired) electrons. The Morgan fingerprint density at radius 2 is 1.88 bits per heavy atom. The van der Waals surface area contributed by atoms with Crippen molar-refractivity contribution in [2.45, 2.75) is 51.8 Å². The zero-order chi connectivity index (χ0) is 13.6. The predicted octanol–water partition coefficient (Wildman–Crippen LogP) is 2.13. The zero-order valence-electron chi connectivity index (χ0n) is 11.2. The van der Waals surface area contributed by atoms with Gasteiger partial charge in [-0.3, -0.25) is 9.59 Å². The summed E-state index contributed by atoms with van der Waals surface area (Å²) >= 11 is 1.19.